The lowest BCUT2D eigenvalue weighted by Gasteiger charge is -2.33. The third-order valence-electron chi connectivity index (χ3n) is 4.43. The van der Waals surface area contributed by atoms with Crippen molar-refractivity contribution in [2.75, 3.05) is 24.5 Å². The molecule has 8 nitrogen and oxygen atoms in total. The highest BCUT2D eigenvalue weighted by Gasteiger charge is 2.26. The van der Waals surface area contributed by atoms with Gasteiger partial charge in [-0.3, -0.25) is 4.79 Å². The number of carbonyl (C=O) groups excluding carboxylic acids is 2. The van der Waals surface area contributed by atoms with Crippen LogP contribution in [0.4, 0.5) is 10.7 Å². The second-order valence-electron chi connectivity index (χ2n) is 6.29. The summed E-state index contributed by atoms with van der Waals surface area (Å²) in [6, 6.07) is 1.09. The second-order valence-corrected chi connectivity index (χ2v) is 6.29. The van der Waals surface area contributed by atoms with E-state index < -0.39 is 6.04 Å². The number of piperidine rings is 1. The van der Waals surface area contributed by atoms with E-state index in [1.165, 1.54) is 0 Å². The van der Waals surface area contributed by atoms with Gasteiger partial charge < -0.3 is 20.9 Å². The monoisotopic (exact) mass is 332 g/mol. The maximum Gasteiger partial charge on any atom is 0.315 e. The summed E-state index contributed by atoms with van der Waals surface area (Å²) in [6.07, 6.45) is 7.90. The van der Waals surface area contributed by atoms with Gasteiger partial charge in [0.1, 0.15) is 6.04 Å². The Bertz CT molecular complexity index is 567. The number of nitrogens with zero attached hydrogens (tertiary/aromatic N) is 3. The number of amides is 3. The largest absolute Gasteiger partial charge is 0.354 e. The summed E-state index contributed by atoms with van der Waals surface area (Å²) >= 11 is 0. The molecule has 8 heteroatoms. The lowest BCUT2D eigenvalue weighted by atomic mass is 10.1. The van der Waals surface area contributed by atoms with Crippen LogP contribution in [0, 0.1) is 0 Å². The smallest absolute Gasteiger partial charge is 0.315 e. The predicted molar refractivity (Wildman–Crippen MR) is 89.6 cm³/mol. The maximum atomic E-state index is 12.2. The lowest BCUT2D eigenvalue weighted by Crippen LogP contribution is -2.54. The van der Waals surface area contributed by atoms with Gasteiger partial charge in [0, 0.05) is 38.1 Å². The summed E-state index contributed by atoms with van der Waals surface area (Å²) in [5.74, 6) is 0.596. The van der Waals surface area contributed by atoms with Gasteiger partial charge in [-0.2, -0.15) is 0 Å². The van der Waals surface area contributed by atoms with Gasteiger partial charge in [-0.15, -0.1) is 0 Å². The standard InChI is InChI=1S/C16H24N6O2/c23-14-13(6-1-2-7-17-14)21-16(24)20-12-5-3-10-22(11-12)15-18-8-4-9-19-15/h4,8-9,12-13H,1-3,5-7,10-11H2,(H,17,23)(H2,20,21,24)/t12-,13+/m0/s1. The first-order valence-electron chi connectivity index (χ1n) is 8.59. The van der Waals surface area contributed by atoms with Crippen LogP contribution in [0.2, 0.25) is 0 Å². The van der Waals surface area contributed by atoms with Crippen LogP contribution in [0.3, 0.4) is 0 Å². The molecular weight excluding hydrogens is 308 g/mol. The number of anilines is 1. The van der Waals surface area contributed by atoms with Gasteiger partial charge in [0.05, 0.1) is 0 Å². The second kappa shape index (κ2) is 7.94. The van der Waals surface area contributed by atoms with Crippen LogP contribution < -0.4 is 20.9 Å². The number of nitrogens with one attached hydrogen (secondary N) is 3. The molecule has 2 aliphatic heterocycles. The fraction of sp³-hybridized carbons (Fsp3) is 0.625. The maximum absolute atomic E-state index is 12.2. The Kier molecular flexibility index (Phi) is 5.45. The van der Waals surface area contributed by atoms with Crippen LogP contribution >= 0.6 is 0 Å². The van der Waals surface area contributed by atoms with Crippen molar-refractivity contribution < 1.29 is 9.59 Å². The Hall–Kier alpha value is -2.38. The Morgan fingerprint density at radius 3 is 2.83 bits per heavy atom. The molecule has 2 aliphatic rings. The van der Waals surface area contributed by atoms with Gasteiger partial charge in [0.2, 0.25) is 11.9 Å². The van der Waals surface area contributed by atoms with Crippen LogP contribution in [0.25, 0.3) is 0 Å². The molecule has 0 radical (unpaired) electrons. The third-order valence-corrected chi connectivity index (χ3v) is 4.43. The minimum absolute atomic E-state index is 0.0244. The quantitative estimate of drug-likeness (QED) is 0.745. The van der Waals surface area contributed by atoms with E-state index in [-0.39, 0.29) is 18.0 Å². The van der Waals surface area contributed by atoms with Crippen molar-refractivity contribution in [1.29, 1.82) is 0 Å². The van der Waals surface area contributed by atoms with Gasteiger partial charge in [0.15, 0.2) is 0 Å². The zero-order chi connectivity index (χ0) is 16.8. The van der Waals surface area contributed by atoms with E-state index in [2.05, 4.69) is 30.8 Å². The molecule has 24 heavy (non-hydrogen) atoms. The molecule has 130 valence electrons. The lowest BCUT2D eigenvalue weighted by molar-refractivity contribution is -0.122. The molecule has 3 heterocycles. The van der Waals surface area contributed by atoms with Crippen molar-refractivity contribution in [2.24, 2.45) is 0 Å². The number of urea groups is 1. The molecular formula is C16H24N6O2. The summed E-state index contributed by atoms with van der Waals surface area (Å²) in [6.45, 7) is 2.25. The average molecular weight is 332 g/mol. The summed E-state index contributed by atoms with van der Waals surface area (Å²) in [4.78, 5) is 34.7. The summed E-state index contributed by atoms with van der Waals surface area (Å²) in [7, 11) is 0. The SMILES string of the molecule is O=C(N[C@H]1CCCN(c2ncccn2)C1)N[C@@H]1CCCCNC1=O. The van der Waals surface area contributed by atoms with E-state index in [1.807, 2.05) is 0 Å². The Morgan fingerprint density at radius 1 is 1.17 bits per heavy atom. The number of aromatic nitrogens is 2. The van der Waals surface area contributed by atoms with Gasteiger partial charge in [-0.05, 0) is 38.2 Å². The summed E-state index contributed by atoms with van der Waals surface area (Å²) in [5, 5.41) is 8.60. The zero-order valence-electron chi connectivity index (χ0n) is 13.7. The van der Waals surface area contributed by atoms with Crippen molar-refractivity contribution in [3.05, 3.63) is 18.5 Å². The topological polar surface area (TPSA) is 99.2 Å². The molecule has 2 fully saturated rings. The zero-order valence-corrected chi connectivity index (χ0v) is 13.7. The van der Waals surface area contributed by atoms with Gasteiger partial charge >= 0.3 is 6.03 Å². The summed E-state index contributed by atoms with van der Waals surface area (Å²) in [5.41, 5.74) is 0. The van der Waals surface area contributed by atoms with Crippen LogP contribution in [-0.4, -0.2) is 53.6 Å². The number of hydrogen-bond acceptors (Lipinski definition) is 5. The van der Waals surface area contributed by atoms with E-state index >= 15 is 0 Å². The first-order valence-corrected chi connectivity index (χ1v) is 8.59. The van der Waals surface area contributed by atoms with E-state index in [0.29, 0.717) is 25.5 Å². The first-order chi connectivity index (χ1) is 11.7. The number of carbonyl (C=O) groups is 2. The van der Waals surface area contributed by atoms with Crippen molar-refractivity contribution in [2.45, 2.75) is 44.2 Å². The number of rotatable bonds is 3. The van der Waals surface area contributed by atoms with Crippen molar-refractivity contribution in [1.82, 2.24) is 25.9 Å². The van der Waals surface area contributed by atoms with Crippen LogP contribution in [0.15, 0.2) is 18.5 Å². The summed E-state index contributed by atoms with van der Waals surface area (Å²) < 4.78 is 0. The highest BCUT2D eigenvalue weighted by molar-refractivity contribution is 5.87. The van der Waals surface area contributed by atoms with Gasteiger partial charge in [-0.1, -0.05) is 0 Å². The fourth-order valence-electron chi connectivity index (χ4n) is 3.19. The molecule has 0 spiro atoms. The fourth-order valence-corrected chi connectivity index (χ4v) is 3.19. The molecule has 3 rings (SSSR count). The molecule has 2 atom stereocenters. The third kappa shape index (κ3) is 4.33. The van der Waals surface area contributed by atoms with Crippen molar-refractivity contribution in [3.8, 4) is 0 Å². The number of hydrogen-bond donors (Lipinski definition) is 3. The minimum Gasteiger partial charge on any atom is -0.354 e. The minimum atomic E-state index is -0.440. The molecule has 1 aromatic heterocycles. The highest BCUT2D eigenvalue weighted by Crippen LogP contribution is 2.15. The van der Waals surface area contributed by atoms with E-state index in [9.17, 15) is 9.59 Å². The molecule has 0 aliphatic carbocycles. The van der Waals surface area contributed by atoms with Crippen molar-refractivity contribution >= 4 is 17.9 Å². The molecule has 3 N–H and O–H groups in total. The van der Waals surface area contributed by atoms with Gasteiger partial charge in [0.25, 0.3) is 0 Å². The Labute approximate surface area is 141 Å². The van der Waals surface area contributed by atoms with Crippen molar-refractivity contribution in [3.63, 3.8) is 0 Å². The average Bonchev–Trinajstić information content (AvgIpc) is 2.80. The predicted octanol–water partition coefficient (Wildman–Crippen LogP) is 0.413. The van der Waals surface area contributed by atoms with Gasteiger partial charge in [-0.25, -0.2) is 14.8 Å². The highest BCUT2D eigenvalue weighted by atomic mass is 16.2. The molecule has 0 saturated carbocycles. The van der Waals surface area contributed by atoms with E-state index in [1.54, 1.807) is 18.5 Å². The normalized spacial score (nSPS) is 24.7. The molecule has 0 unspecified atom stereocenters. The molecule has 3 amide bonds. The van der Waals surface area contributed by atoms with Crippen LogP contribution in [0.1, 0.15) is 32.1 Å². The first kappa shape index (κ1) is 16.5. The van der Waals surface area contributed by atoms with E-state index in [0.717, 1.165) is 32.2 Å². The molecule has 0 aromatic carbocycles. The Balaban J connectivity index is 1.51. The molecule has 1 aromatic rings. The van der Waals surface area contributed by atoms with Crippen LogP contribution in [0.5, 0.6) is 0 Å². The van der Waals surface area contributed by atoms with Crippen LogP contribution in [-0.2, 0) is 4.79 Å². The molecule has 0 bridgehead atoms. The Morgan fingerprint density at radius 2 is 2.00 bits per heavy atom. The molecule has 2 saturated heterocycles. The van der Waals surface area contributed by atoms with E-state index in [4.69, 9.17) is 0 Å².